The molecule has 0 fully saturated rings. The van der Waals surface area contributed by atoms with E-state index in [1.54, 1.807) is 12.4 Å². The lowest BCUT2D eigenvalue weighted by Gasteiger charge is -1.79. The minimum absolute atomic E-state index is 0.704. The highest BCUT2D eigenvalue weighted by Crippen LogP contribution is 1.77. The van der Waals surface area contributed by atoms with Gasteiger partial charge >= 0.3 is 0 Å². The second-order valence-electron chi connectivity index (χ2n) is 1.37. The van der Waals surface area contributed by atoms with Gasteiger partial charge in [-0.1, -0.05) is 6.08 Å². The van der Waals surface area contributed by atoms with Gasteiger partial charge in [0.15, 0.2) is 0 Å². The number of rotatable bonds is 3. The molecule has 0 rings (SSSR count). The van der Waals surface area contributed by atoms with Gasteiger partial charge in [-0.2, -0.15) is 0 Å². The zero-order valence-corrected chi connectivity index (χ0v) is 5.17. The maximum absolute atomic E-state index is 5.21. The van der Waals surface area contributed by atoms with E-state index in [1.807, 2.05) is 13.0 Å². The Balaban J connectivity index is 3.07. The molecule has 0 atom stereocenters. The quantitative estimate of drug-likeness (QED) is 0.542. The maximum atomic E-state index is 5.21. The van der Waals surface area contributed by atoms with Crippen molar-refractivity contribution in [2.24, 2.45) is 10.7 Å². The molecule has 0 heterocycles. The lowest BCUT2D eigenvalue weighted by molar-refractivity contribution is 1.00. The molecule has 46 valence electrons. The van der Waals surface area contributed by atoms with Gasteiger partial charge in [0.05, 0.1) is 0 Å². The third-order valence-corrected chi connectivity index (χ3v) is 0.674. The molecule has 0 aliphatic rings. The summed E-state index contributed by atoms with van der Waals surface area (Å²) in [5.41, 5.74) is 5.21. The van der Waals surface area contributed by atoms with Crippen molar-refractivity contribution < 1.29 is 0 Å². The first-order chi connectivity index (χ1) is 3.91. The standard InChI is InChI=1S/C6H12N2/c1-2-8-6-4-3-5-7/h2,4,6H,3,5,7H2,1H3/b6-4+,8-2-. The van der Waals surface area contributed by atoms with Gasteiger partial charge in [-0.15, -0.1) is 0 Å². The van der Waals surface area contributed by atoms with Crippen LogP contribution in [0.2, 0.25) is 0 Å². The van der Waals surface area contributed by atoms with Gasteiger partial charge in [-0.05, 0) is 19.9 Å². The molecule has 0 bridgehead atoms. The first-order valence-electron chi connectivity index (χ1n) is 2.74. The summed E-state index contributed by atoms with van der Waals surface area (Å²) in [6.07, 6.45) is 6.36. The Kier molecular flexibility index (Phi) is 5.87. The van der Waals surface area contributed by atoms with E-state index in [2.05, 4.69) is 4.99 Å². The van der Waals surface area contributed by atoms with Crippen LogP contribution in [0.5, 0.6) is 0 Å². The van der Waals surface area contributed by atoms with Gasteiger partial charge in [-0.25, -0.2) is 0 Å². The predicted octanol–water partition coefficient (Wildman–Crippen LogP) is 0.940. The molecule has 0 saturated heterocycles. The maximum Gasteiger partial charge on any atom is 0.0224 e. The Bertz CT molecular complexity index is 84.5. The Morgan fingerprint density at radius 3 is 2.88 bits per heavy atom. The summed E-state index contributed by atoms with van der Waals surface area (Å²) in [5.74, 6) is 0. The fourth-order valence-corrected chi connectivity index (χ4v) is 0.318. The van der Waals surface area contributed by atoms with Crippen LogP contribution in [0.15, 0.2) is 17.3 Å². The monoisotopic (exact) mass is 112 g/mol. The zero-order chi connectivity index (χ0) is 6.24. The summed E-state index contributed by atoms with van der Waals surface area (Å²) in [6, 6.07) is 0. The van der Waals surface area contributed by atoms with E-state index in [-0.39, 0.29) is 0 Å². The van der Waals surface area contributed by atoms with Crippen LogP contribution in [0, 0.1) is 0 Å². The van der Waals surface area contributed by atoms with E-state index in [0.29, 0.717) is 6.54 Å². The lowest BCUT2D eigenvalue weighted by atomic mass is 10.4. The molecule has 0 aliphatic carbocycles. The summed E-state index contributed by atoms with van der Waals surface area (Å²) in [5, 5.41) is 0. The van der Waals surface area contributed by atoms with Crippen LogP contribution >= 0.6 is 0 Å². The molecular formula is C6H12N2. The van der Waals surface area contributed by atoms with Crippen molar-refractivity contribution in [3.63, 3.8) is 0 Å². The highest BCUT2D eigenvalue weighted by Gasteiger charge is 1.67. The van der Waals surface area contributed by atoms with E-state index in [0.717, 1.165) is 6.42 Å². The zero-order valence-electron chi connectivity index (χ0n) is 5.17. The Morgan fingerprint density at radius 2 is 2.38 bits per heavy atom. The SMILES string of the molecule is C/C=N\C=C\CCN. The largest absolute Gasteiger partial charge is 0.330 e. The van der Waals surface area contributed by atoms with Crippen molar-refractivity contribution in [1.29, 1.82) is 0 Å². The van der Waals surface area contributed by atoms with E-state index >= 15 is 0 Å². The molecular weight excluding hydrogens is 100 g/mol. The molecule has 0 amide bonds. The first-order valence-corrected chi connectivity index (χ1v) is 2.74. The molecule has 2 N–H and O–H groups in total. The van der Waals surface area contributed by atoms with Crippen molar-refractivity contribution in [2.75, 3.05) is 6.54 Å². The normalized spacial score (nSPS) is 11.8. The van der Waals surface area contributed by atoms with Gasteiger partial charge in [0, 0.05) is 12.4 Å². The van der Waals surface area contributed by atoms with Crippen molar-refractivity contribution in [1.82, 2.24) is 0 Å². The third-order valence-electron chi connectivity index (χ3n) is 0.674. The topological polar surface area (TPSA) is 38.4 Å². The molecule has 0 aromatic rings. The molecule has 0 aromatic carbocycles. The molecule has 0 aliphatic heterocycles. The third kappa shape index (κ3) is 5.37. The fourth-order valence-electron chi connectivity index (χ4n) is 0.318. The number of nitrogens with zero attached hydrogens (tertiary/aromatic N) is 1. The highest BCUT2D eigenvalue weighted by molar-refractivity contribution is 5.54. The van der Waals surface area contributed by atoms with Crippen molar-refractivity contribution in [3.8, 4) is 0 Å². The molecule has 8 heavy (non-hydrogen) atoms. The van der Waals surface area contributed by atoms with Crippen LogP contribution in [0.25, 0.3) is 0 Å². The molecule has 0 unspecified atom stereocenters. The number of aliphatic imine (C=N–C) groups is 1. The van der Waals surface area contributed by atoms with E-state index in [4.69, 9.17) is 5.73 Å². The van der Waals surface area contributed by atoms with Gasteiger partial charge in [0.1, 0.15) is 0 Å². The second kappa shape index (κ2) is 6.37. The van der Waals surface area contributed by atoms with Gasteiger partial charge < -0.3 is 5.73 Å². The minimum Gasteiger partial charge on any atom is -0.330 e. The summed E-state index contributed by atoms with van der Waals surface area (Å²) < 4.78 is 0. The molecule has 0 aromatic heterocycles. The highest BCUT2D eigenvalue weighted by atomic mass is 14.6. The van der Waals surface area contributed by atoms with Crippen LogP contribution in [0.1, 0.15) is 13.3 Å². The molecule has 0 spiro atoms. The Morgan fingerprint density at radius 1 is 1.62 bits per heavy atom. The van der Waals surface area contributed by atoms with Gasteiger partial charge in [0.25, 0.3) is 0 Å². The number of hydrogen-bond donors (Lipinski definition) is 1. The van der Waals surface area contributed by atoms with Crippen molar-refractivity contribution >= 4 is 6.21 Å². The van der Waals surface area contributed by atoms with Crippen LogP contribution in [-0.4, -0.2) is 12.8 Å². The molecule has 2 heteroatoms. The fraction of sp³-hybridized carbons (Fsp3) is 0.500. The summed E-state index contributed by atoms with van der Waals surface area (Å²) >= 11 is 0. The average molecular weight is 112 g/mol. The lowest BCUT2D eigenvalue weighted by Crippen LogP contribution is -1.94. The molecule has 0 radical (unpaired) electrons. The summed E-state index contributed by atoms with van der Waals surface area (Å²) in [7, 11) is 0. The van der Waals surface area contributed by atoms with E-state index in [1.165, 1.54) is 0 Å². The summed E-state index contributed by atoms with van der Waals surface area (Å²) in [6.45, 7) is 2.59. The molecule has 2 nitrogen and oxygen atoms in total. The van der Waals surface area contributed by atoms with Gasteiger partial charge in [-0.3, -0.25) is 4.99 Å². The smallest absolute Gasteiger partial charge is 0.0224 e. The predicted molar refractivity (Wildman–Crippen MR) is 37.0 cm³/mol. The van der Waals surface area contributed by atoms with Gasteiger partial charge in [0.2, 0.25) is 0 Å². The first kappa shape index (κ1) is 7.37. The second-order valence-corrected chi connectivity index (χ2v) is 1.37. The van der Waals surface area contributed by atoms with Crippen LogP contribution in [0.4, 0.5) is 0 Å². The minimum atomic E-state index is 0.704. The van der Waals surface area contributed by atoms with Crippen LogP contribution in [-0.2, 0) is 0 Å². The summed E-state index contributed by atoms with van der Waals surface area (Å²) in [4.78, 5) is 3.85. The van der Waals surface area contributed by atoms with E-state index in [9.17, 15) is 0 Å². The Labute approximate surface area is 50.1 Å². The van der Waals surface area contributed by atoms with E-state index < -0.39 is 0 Å². The number of nitrogens with two attached hydrogens (primary N) is 1. The number of hydrogen-bond acceptors (Lipinski definition) is 2. The van der Waals surface area contributed by atoms with Crippen molar-refractivity contribution in [3.05, 3.63) is 12.3 Å². The Hall–Kier alpha value is -0.630. The average Bonchev–Trinajstić information content (AvgIpc) is 1.81. The molecule has 0 saturated carbocycles. The van der Waals surface area contributed by atoms with Crippen molar-refractivity contribution in [2.45, 2.75) is 13.3 Å². The van der Waals surface area contributed by atoms with Crippen LogP contribution in [0.3, 0.4) is 0 Å². The van der Waals surface area contributed by atoms with Crippen LogP contribution < -0.4 is 5.73 Å².